The molecule has 110 valence electrons. The summed E-state index contributed by atoms with van der Waals surface area (Å²) in [5.41, 5.74) is 0. The van der Waals surface area contributed by atoms with Gasteiger partial charge in [-0.15, -0.1) is 8.78 Å². The van der Waals surface area contributed by atoms with Crippen molar-refractivity contribution in [2.24, 2.45) is 0 Å². The van der Waals surface area contributed by atoms with Gasteiger partial charge in [-0.1, -0.05) is 0 Å². The van der Waals surface area contributed by atoms with Gasteiger partial charge in [0.2, 0.25) is 0 Å². The first-order valence-corrected chi connectivity index (χ1v) is 3.54. The summed E-state index contributed by atoms with van der Waals surface area (Å²) in [4.78, 5) is 0. The molecular weight excluding hydrogens is 298 g/mol. The molecule has 0 fully saturated rings. The highest BCUT2D eigenvalue weighted by Crippen LogP contribution is 2.41. The number of alkyl halides is 10. The maximum Gasteiger partial charge on any atom is 0.494 e. The molecular formula is C5H2F10O3. The van der Waals surface area contributed by atoms with Crippen LogP contribution < -0.4 is 0 Å². The van der Waals surface area contributed by atoms with E-state index in [0.29, 0.717) is 0 Å². The molecule has 0 atom stereocenters. The van der Waals surface area contributed by atoms with Gasteiger partial charge >= 0.3 is 31.7 Å². The van der Waals surface area contributed by atoms with Crippen molar-refractivity contribution in [3.63, 3.8) is 0 Å². The molecule has 0 aromatic rings. The predicted octanol–water partition coefficient (Wildman–Crippen LogP) is 3.22. The van der Waals surface area contributed by atoms with Crippen molar-refractivity contribution >= 4 is 0 Å². The van der Waals surface area contributed by atoms with Gasteiger partial charge < -0.3 is 0 Å². The van der Waals surface area contributed by atoms with Crippen LogP contribution >= 0.6 is 0 Å². The maximum absolute atomic E-state index is 12.3. The molecule has 0 rings (SSSR count). The van der Waals surface area contributed by atoms with Crippen LogP contribution in [0.5, 0.6) is 0 Å². The Hall–Kier alpha value is -0.820. The molecule has 3 nitrogen and oxygen atoms in total. The van der Waals surface area contributed by atoms with Gasteiger partial charge in [-0.25, -0.2) is 9.47 Å². The van der Waals surface area contributed by atoms with Crippen LogP contribution in [0.15, 0.2) is 0 Å². The largest absolute Gasteiger partial charge is 0.494 e. The molecule has 0 heterocycles. The molecule has 0 saturated carbocycles. The summed E-state index contributed by atoms with van der Waals surface area (Å²) in [6.45, 7) is -8.81. The summed E-state index contributed by atoms with van der Waals surface area (Å²) in [6, 6.07) is 0. The molecule has 0 aromatic heterocycles. The van der Waals surface area contributed by atoms with Gasteiger partial charge in [0.1, 0.15) is 0 Å². The summed E-state index contributed by atoms with van der Waals surface area (Å²) >= 11 is 0. The second kappa shape index (κ2) is 5.44. The Morgan fingerprint density at radius 1 is 0.611 bits per heavy atom. The van der Waals surface area contributed by atoms with Crippen LogP contribution in [0.1, 0.15) is 0 Å². The smallest absolute Gasteiger partial charge is 0.251 e. The Kier molecular flexibility index (Phi) is 5.19. The van der Waals surface area contributed by atoms with Crippen molar-refractivity contribution in [3.05, 3.63) is 0 Å². The quantitative estimate of drug-likeness (QED) is 0.534. The van der Waals surface area contributed by atoms with Gasteiger partial charge in [-0.05, 0) is 0 Å². The molecule has 0 aromatic carbocycles. The summed E-state index contributed by atoms with van der Waals surface area (Å²) in [5.74, 6) is 0. The van der Waals surface area contributed by atoms with E-state index in [2.05, 4.69) is 4.74 Å². The fourth-order valence-corrected chi connectivity index (χ4v) is 0.517. The Morgan fingerprint density at radius 3 is 1.33 bits per heavy atom. The predicted molar refractivity (Wildman–Crippen MR) is 30.1 cm³/mol. The van der Waals surface area contributed by atoms with Crippen LogP contribution in [0, 0.1) is 0 Å². The van der Waals surface area contributed by atoms with Gasteiger partial charge in [-0.3, -0.25) is 4.74 Å². The van der Waals surface area contributed by atoms with Crippen molar-refractivity contribution in [1.29, 1.82) is 0 Å². The molecule has 0 amide bonds. The van der Waals surface area contributed by atoms with Crippen LogP contribution in [0.4, 0.5) is 43.9 Å². The zero-order chi connectivity index (χ0) is 14.8. The number of hydrogen-bond acceptors (Lipinski definition) is 3. The van der Waals surface area contributed by atoms with Gasteiger partial charge in [0.15, 0.2) is 0 Å². The van der Waals surface area contributed by atoms with E-state index in [1.807, 2.05) is 9.47 Å². The van der Waals surface area contributed by atoms with E-state index < -0.39 is 31.7 Å². The standard InChI is InChI=1S/C5H2F10O3/c6-1(7)16-3(10,11)4(12,13)18-5(14,15)17-2(8)9/h1-2H. The summed E-state index contributed by atoms with van der Waals surface area (Å²) in [6.07, 6.45) is -18.4. The van der Waals surface area contributed by atoms with Gasteiger partial charge in [0, 0.05) is 0 Å². The lowest BCUT2D eigenvalue weighted by atomic mass is 10.6. The minimum atomic E-state index is -6.35. The SMILES string of the molecule is FC(F)OC(F)(F)OC(F)(F)C(F)(F)OC(F)F. The number of ether oxygens (including phenoxy) is 3. The van der Waals surface area contributed by atoms with Crippen molar-refractivity contribution in [2.45, 2.75) is 31.7 Å². The topological polar surface area (TPSA) is 27.7 Å². The van der Waals surface area contributed by atoms with E-state index in [1.54, 1.807) is 0 Å². The van der Waals surface area contributed by atoms with Crippen LogP contribution in [0.3, 0.4) is 0 Å². The summed E-state index contributed by atoms with van der Waals surface area (Å²) < 4.78 is 124. The van der Waals surface area contributed by atoms with Crippen LogP contribution in [0.2, 0.25) is 0 Å². The summed E-state index contributed by atoms with van der Waals surface area (Å²) in [7, 11) is 0. The van der Waals surface area contributed by atoms with E-state index in [0.717, 1.165) is 0 Å². The Morgan fingerprint density at radius 2 is 1.00 bits per heavy atom. The zero-order valence-electron chi connectivity index (χ0n) is 7.66. The Bertz CT molecular complexity index is 266. The second-order valence-corrected chi connectivity index (χ2v) is 2.36. The molecule has 0 N–H and O–H groups in total. The highest BCUT2D eigenvalue weighted by atomic mass is 19.3. The molecule has 0 radical (unpaired) electrons. The lowest BCUT2D eigenvalue weighted by Crippen LogP contribution is -2.50. The van der Waals surface area contributed by atoms with Crippen molar-refractivity contribution in [2.75, 3.05) is 0 Å². The van der Waals surface area contributed by atoms with E-state index in [4.69, 9.17) is 0 Å². The Balaban J connectivity index is 4.82. The minimum absolute atomic E-state index is 1.92. The minimum Gasteiger partial charge on any atom is -0.251 e. The molecule has 0 saturated heterocycles. The van der Waals surface area contributed by atoms with E-state index in [9.17, 15) is 43.9 Å². The second-order valence-electron chi connectivity index (χ2n) is 2.36. The number of halogens is 10. The first-order chi connectivity index (χ1) is 7.79. The molecule has 13 heteroatoms. The van der Waals surface area contributed by atoms with Crippen molar-refractivity contribution < 1.29 is 58.1 Å². The third kappa shape index (κ3) is 5.22. The van der Waals surface area contributed by atoms with E-state index in [-0.39, 0.29) is 0 Å². The molecule has 0 unspecified atom stereocenters. The lowest BCUT2D eigenvalue weighted by molar-refractivity contribution is -0.548. The third-order valence-electron chi connectivity index (χ3n) is 1.05. The number of hydrogen-bond donors (Lipinski definition) is 0. The van der Waals surface area contributed by atoms with Crippen molar-refractivity contribution in [3.8, 4) is 0 Å². The molecule has 0 spiro atoms. The average molecular weight is 300 g/mol. The molecule has 0 bridgehead atoms. The zero-order valence-corrected chi connectivity index (χ0v) is 7.66. The highest BCUT2D eigenvalue weighted by Gasteiger charge is 2.66. The summed E-state index contributed by atoms with van der Waals surface area (Å²) in [5, 5.41) is 0. The van der Waals surface area contributed by atoms with E-state index in [1.165, 1.54) is 0 Å². The van der Waals surface area contributed by atoms with Gasteiger partial charge in [0.05, 0.1) is 0 Å². The van der Waals surface area contributed by atoms with Crippen molar-refractivity contribution in [1.82, 2.24) is 0 Å². The van der Waals surface area contributed by atoms with E-state index >= 15 is 0 Å². The average Bonchev–Trinajstić information content (AvgIpc) is 1.93. The van der Waals surface area contributed by atoms with Crippen LogP contribution in [0.25, 0.3) is 0 Å². The fraction of sp³-hybridized carbons (Fsp3) is 1.00. The first-order valence-electron chi connectivity index (χ1n) is 3.54. The van der Waals surface area contributed by atoms with Crippen LogP contribution in [-0.2, 0) is 14.2 Å². The molecule has 0 aliphatic carbocycles. The Labute approximate surface area is 91.2 Å². The normalized spacial score (nSPS) is 14.7. The fourth-order valence-electron chi connectivity index (χ4n) is 0.517. The molecule has 18 heavy (non-hydrogen) atoms. The van der Waals surface area contributed by atoms with Crippen LogP contribution in [-0.4, -0.2) is 31.7 Å². The third-order valence-corrected chi connectivity index (χ3v) is 1.05. The first kappa shape index (κ1) is 17.2. The van der Waals surface area contributed by atoms with Gasteiger partial charge in [0.25, 0.3) is 0 Å². The maximum atomic E-state index is 12.3. The molecule has 0 aliphatic heterocycles. The molecule has 0 aliphatic rings. The monoisotopic (exact) mass is 300 g/mol. The lowest BCUT2D eigenvalue weighted by Gasteiger charge is -2.27. The van der Waals surface area contributed by atoms with Gasteiger partial charge in [-0.2, -0.15) is 35.1 Å². The highest BCUT2D eigenvalue weighted by molar-refractivity contribution is 4.67. The number of rotatable bonds is 7.